The van der Waals surface area contributed by atoms with Crippen molar-refractivity contribution in [1.29, 1.82) is 0 Å². The second-order valence-electron chi connectivity index (χ2n) is 1.98. The fraction of sp³-hybridized carbons (Fsp3) is 1.00. The Morgan fingerprint density at radius 1 is 1.00 bits per heavy atom. The van der Waals surface area contributed by atoms with Crippen molar-refractivity contribution in [2.24, 2.45) is 0 Å². The molecule has 0 amide bonds. The minimum absolute atomic E-state index is 3.00. The monoisotopic (exact) mass is 284 g/mol. The van der Waals surface area contributed by atoms with Crippen LogP contribution in [0, 0.1) is 0 Å². The van der Waals surface area contributed by atoms with E-state index in [1.165, 1.54) is 0 Å². The predicted molar refractivity (Wildman–Crippen MR) is 36.3 cm³/mol. The van der Waals surface area contributed by atoms with E-state index in [4.69, 9.17) is 0 Å². The van der Waals surface area contributed by atoms with E-state index in [2.05, 4.69) is 27.0 Å². The minimum atomic E-state index is -5.78. The summed E-state index contributed by atoms with van der Waals surface area (Å²) in [4.78, 5) is 0. The van der Waals surface area contributed by atoms with Crippen LogP contribution in [-0.2, 0) is 9.09 Å². The lowest BCUT2D eigenvalue weighted by atomic mass is 10.3. The maximum atomic E-state index is 11.7. The van der Waals surface area contributed by atoms with Crippen molar-refractivity contribution < 1.29 is 35.4 Å². The summed E-state index contributed by atoms with van der Waals surface area (Å²) in [5, 5.41) is 0. The average Bonchev–Trinajstić information content (AvgIpc) is 1.75. The van der Waals surface area contributed by atoms with Gasteiger partial charge in [-0.25, -0.2) is 0 Å². The van der Waals surface area contributed by atoms with Crippen molar-refractivity contribution in [2.45, 2.75) is 18.5 Å². The molecule has 11 heteroatoms. The summed E-state index contributed by atoms with van der Waals surface area (Å²) < 4.78 is 83.2. The third-order valence-electron chi connectivity index (χ3n) is 0.823. The molecular formula is C3HCl2F6O2P. The van der Waals surface area contributed by atoms with Crippen LogP contribution in [0.5, 0.6) is 0 Å². The highest BCUT2D eigenvalue weighted by atomic mass is 35.9. The molecule has 2 nitrogen and oxygen atoms in total. The maximum Gasteiger partial charge on any atom is 0.424 e. The SMILES string of the molecule is O=P(Cl)(Cl)OC(C(F)(F)F)C(F)(F)F. The topological polar surface area (TPSA) is 26.3 Å². The Balaban J connectivity index is 4.87. The molecule has 0 atom stereocenters. The molecule has 0 rings (SSSR count). The summed E-state index contributed by atoms with van der Waals surface area (Å²) in [6.45, 7) is 0. The summed E-state index contributed by atoms with van der Waals surface area (Å²) in [7, 11) is 0. The van der Waals surface area contributed by atoms with Crippen LogP contribution in [0.25, 0.3) is 0 Å². The molecular weight excluding hydrogens is 284 g/mol. The Bertz CT molecular complexity index is 228. The Morgan fingerprint density at radius 3 is 1.36 bits per heavy atom. The zero-order valence-corrected chi connectivity index (χ0v) is 8.27. The van der Waals surface area contributed by atoms with E-state index in [0.717, 1.165) is 0 Å². The first-order chi connectivity index (χ1) is 5.84. The molecule has 14 heavy (non-hydrogen) atoms. The number of alkyl halides is 6. The molecule has 0 aliphatic heterocycles. The van der Waals surface area contributed by atoms with Gasteiger partial charge in [0.25, 0.3) is 6.10 Å². The van der Waals surface area contributed by atoms with Crippen LogP contribution in [0.4, 0.5) is 26.3 Å². The highest BCUT2D eigenvalue weighted by molar-refractivity contribution is 8.05. The van der Waals surface area contributed by atoms with E-state index in [9.17, 15) is 30.9 Å². The van der Waals surface area contributed by atoms with Gasteiger partial charge in [0.2, 0.25) is 0 Å². The van der Waals surface area contributed by atoms with E-state index in [-0.39, 0.29) is 0 Å². The van der Waals surface area contributed by atoms with Gasteiger partial charge in [-0.15, -0.1) is 0 Å². The van der Waals surface area contributed by atoms with Crippen LogP contribution in [0.15, 0.2) is 0 Å². The maximum absolute atomic E-state index is 11.7. The van der Waals surface area contributed by atoms with Gasteiger partial charge in [-0.1, -0.05) is 0 Å². The minimum Gasteiger partial charge on any atom is -0.283 e. The van der Waals surface area contributed by atoms with Crippen LogP contribution in [0.3, 0.4) is 0 Å². The van der Waals surface area contributed by atoms with Crippen molar-refractivity contribution in [1.82, 2.24) is 0 Å². The highest BCUT2D eigenvalue weighted by Gasteiger charge is 2.60. The molecule has 0 N–H and O–H groups in total. The summed E-state index contributed by atoms with van der Waals surface area (Å²) in [5.41, 5.74) is 0. The lowest BCUT2D eigenvalue weighted by Crippen LogP contribution is -2.43. The first kappa shape index (κ1) is 14.3. The molecule has 0 aromatic rings. The van der Waals surface area contributed by atoms with Crippen molar-refractivity contribution in [3.63, 3.8) is 0 Å². The number of rotatable bonds is 2. The van der Waals surface area contributed by atoms with E-state index in [1.807, 2.05) is 0 Å². The highest BCUT2D eigenvalue weighted by Crippen LogP contribution is 2.61. The van der Waals surface area contributed by atoms with Crippen LogP contribution in [0.2, 0.25) is 0 Å². The van der Waals surface area contributed by atoms with Gasteiger partial charge in [-0.05, 0) is 22.5 Å². The molecule has 0 saturated carbocycles. The molecule has 0 unspecified atom stereocenters. The number of hydrogen-bond acceptors (Lipinski definition) is 2. The smallest absolute Gasteiger partial charge is 0.283 e. The van der Waals surface area contributed by atoms with E-state index in [1.54, 1.807) is 0 Å². The molecule has 0 aromatic carbocycles. The fourth-order valence-corrected chi connectivity index (χ4v) is 1.39. The van der Waals surface area contributed by atoms with Gasteiger partial charge in [0.05, 0.1) is 0 Å². The van der Waals surface area contributed by atoms with E-state index < -0.39 is 24.5 Å². The van der Waals surface area contributed by atoms with Crippen molar-refractivity contribution in [3.8, 4) is 0 Å². The third kappa shape index (κ3) is 5.29. The lowest BCUT2D eigenvalue weighted by molar-refractivity contribution is -0.299. The van der Waals surface area contributed by atoms with Gasteiger partial charge in [0.1, 0.15) is 0 Å². The Kier molecular flexibility index (Phi) is 4.18. The van der Waals surface area contributed by atoms with Crippen molar-refractivity contribution in [2.75, 3.05) is 0 Å². The standard InChI is InChI=1S/C3HCl2F6O2P/c4-14(5,12)13-1(2(6,7)8)3(9,10)11/h1H. The molecule has 0 heterocycles. The number of halogens is 8. The second-order valence-corrected chi connectivity index (χ2v) is 6.21. The quantitative estimate of drug-likeness (QED) is 0.564. The predicted octanol–water partition coefficient (Wildman–Crippen LogP) is 4.08. The summed E-state index contributed by atoms with van der Waals surface area (Å²) >= 11 is 8.88. The van der Waals surface area contributed by atoms with Crippen LogP contribution >= 0.6 is 28.6 Å². The van der Waals surface area contributed by atoms with E-state index in [0.29, 0.717) is 0 Å². The lowest BCUT2D eigenvalue weighted by Gasteiger charge is -2.22. The molecule has 0 spiro atoms. The van der Waals surface area contributed by atoms with Gasteiger partial charge < -0.3 is 0 Å². The van der Waals surface area contributed by atoms with Crippen LogP contribution in [0.1, 0.15) is 0 Å². The molecule has 0 aliphatic rings. The molecule has 0 fully saturated rings. The Hall–Kier alpha value is 0.350. The Labute approximate surface area is 83.1 Å². The van der Waals surface area contributed by atoms with Crippen LogP contribution < -0.4 is 0 Å². The summed E-state index contributed by atoms with van der Waals surface area (Å²) in [5.74, 6) is 0. The van der Waals surface area contributed by atoms with Crippen molar-refractivity contribution in [3.05, 3.63) is 0 Å². The largest absolute Gasteiger partial charge is 0.424 e. The van der Waals surface area contributed by atoms with Gasteiger partial charge in [-0.2, -0.15) is 26.3 Å². The molecule has 0 aromatic heterocycles. The first-order valence-electron chi connectivity index (χ1n) is 2.65. The zero-order chi connectivity index (χ0) is 11.8. The molecule has 0 radical (unpaired) electrons. The normalized spacial score (nSPS) is 14.9. The van der Waals surface area contributed by atoms with Gasteiger partial charge in [-0.3, -0.25) is 9.09 Å². The molecule has 0 saturated heterocycles. The molecule has 86 valence electrons. The van der Waals surface area contributed by atoms with Gasteiger partial charge in [0, 0.05) is 0 Å². The molecule has 0 aliphatic carbocycles. The Morgan fingerprint density at radius 2 is 1.29 bits per heavy atom. The first-order valence-corrected chi connectivity index (χ1v) is 6.08. The summed E-state index contributed by atoms with van der Waals surface area (Å²) in [6.07, 6.45) is -20.7. The van der Waals surface area contributed by atoms with Gasteiger partial charge in [0.15, 0.2) is 0 Å². The second kappa shape index (κ2) is 4.08. The third-order valence-corrected chi connectivity index (χ3v) is 1.76. The molecule has 0 bridgehead atoms. The van der Waals surface area contributed by atoms with E-state index >= 15 is 0 Å². The number of hydrogen-bond donors (Lipinski definition) is 0. The van der Waals surface area contributed by atoms with Gasteiger partial charge >= 0.3 is 18.4 Å². The summed E-state index contributed by atoms with van der Waals surface area (Å²) in [6, 6.07) is 0. The van der Waals surface area contributed by atoms with Crippen LogP contribution in [-0.4, -0.2) is 18.5 Å². The van der Waals surface area contributed by atoms with Crippen molar-refractivity contribution >= 4 is 28.6 Å². The zero-order valence-electron chi connectivity index (χ0n) is 5.86. The fourth-order valence-electron chi connectivity index (χ4n) is 0.428. The average molecular weight is 285 g/mol.